The number of aromatic nitrogens is 2. The normalized spacial score (nSPS) is 13.4. The van der Waals surface area contributed by atoms with Crippen LogP contribution in [0.3, 0.4) is 0 Å². The van der Waals surface area contributed by atoms with Crippen molar-refractivity contribution in [3.05, 3.63) is 128 Å². The van der Waals surface area contributed by atoms with E-state index >= 15 is 0 Å². The van der Waals surface area contributed by atoms with Crippen molar-refractivity contribution in [2.75, 3.05) is 0 Å². The summed E-state index contributed by atoms with van der Waals surface area (Å²) < 4.78 is 11.5. The highest BCUT2D eigenvalue weighted by molar-refractivity contribution is 6.99. The predicted molar refractivity (Wildman–Crippen MR) is 185 cm³/mol. The largest absolute Gasteiger partial charge is 0.476 e. The fraction of sp³-hybridized carbons (Fsp3) is 0. The molecule has 0 fully saturated rings. The minimum Gasteiger partial charge on any atom is -0.476 e. The van der Waals surface area contributed by atoms with Crippen LogP contribution in [0.1, 0.15) is 0 Å². The third-order valence-corrected chi connectivity index (χ3v) is 10.5. The Morgan fingerprint density at radius 3 is 1.84 bits per heavy atom. The number of hydrogen-bond acceptors (Lipinski definition) is 1. The second-order valence-electron chi connectivity index (χ2n) is 12.4. The van der Waals surface area contributed by atoms with Crippen LogP contribution in [-0.4, -0.2) is 15.8 Å². The number of nitrogens with zero attached hydrogens (tertiary/aromatic N) is 2. The number of fused-ring (bicyclic) bond motifs is 17. The zero-order valence-corrected chi connectivity index (χ0v) is 23.5. The molecule has 2 aliphatic heterocycles. The Morgan fingerprint density at radius 1 is 0.432 bits per heavy atom. The summed E-state index contributed by atoms with van der Waals surface area (Å²) in [6, 6.07) is 44.9. The van der Waals surface area contributed by atoms with Crippen molar-refractivity contribution >= 4 is 99.2 Å². The molecule has 10 aromatic rings. The van der Waals surface area contributed by atoms with Gasteiger partial charge in [-0.2, -0.15) is 0 Å². The highest BCUT2D eigenvalue weighted by Gasteiger charge is 2.43. The number of para-hydroxylation sites is 2. The Kier molecular flexibility index (Phi) is 3.60. The van der Waals surface area contributed by atoms with E-state index in [2.05, 4.69) is 130 Å². The van der Waals surface area contributed by atoms with E-state index in [1.165, 1.54) is 98.2 Å². The van der Waals surface area contributed by atoms with Crippen molar-refractivity contribution in [1.82, 2.24) is 9.13 Å². The van der Waals surface area contributed by atoms with Crippen LogP contribution in [0.15, 0.2) is 132 Å². The quantitative estimate of drug-likeness (QED) is 0.137. The van der Waals surface area contributed by atoms with E-state index in [1.807, 2.05) is 6.26 Å². The molecule has 4 heteroatoms. The molecule has 12 rings (SSSR count). The molecule has 0 spiro atoms. The van der Waals surface area contributed by atoms with Crippen LogP contribution >= 0.6 is 0 Å². The maximum absolute atomic E-state index is 6.56. The summed E-state index contributed by atoms with van der Waals surface area (Å²) in [6.45, 7) is 0.0277. The molecule has 200 valence electrons. The number of hydrogen-bond donors (Lipinski definition) is 0. The van der Waals surface area contributed by atoms with Gasteiger partial charge in [0.2, 0.25) is 0 Å². The minimum atomic E-state index is 0.0277. The Hall–Kier alpha value is -5.74. The van der Waals surface area contributed by atoms with Gasteiger partial charge < -0.3 is 13.6 Å². The van der Waals surface area contributed by atoms with Crippen molar-refractivity contribution in [3.63, 3.8) is 0 Å². The van der Waals surface area contributed by atoms with E-state index in [0.717, 1.165) is 5.66 Å². The van der Waals surface area contributed by atoms with Gasteiger partial charge in [-0.1, -0.05) is 97.1 Å². The van der Waals surface area contributed by atoms with Gasteiger partial charge in [0.25, 0.3) is 6.71 Å². The van der Waals surface area contributed by atoms with Gasteiger partial charge in [0.15, 0.2) is 0 Å². The first-order valence-electron chi connectivity index (χ1n) is 15.3. The third kappa shape index (κ3) is 2.26. The molecule has 3 aromatic heterocycles. The second-order valence-corrected chi connectivity index (χ2v) is 12.4. The Labute approximate surface area is 251 Å². The molecule has 0 N–H and O–H groups in total. The summed E-state index contributed by atoms with van der Waals surface area (Å²) in [5.74, 6) is 0. The summed E-state index contributed by atoms with van der Waals surface area (Å²) in [7, 11) is 0. The molecule has 0 atom stereocenters. The first kappa shape index (κ1) is 21.9. The summed E-state index contributed by atoms with van der Waals surface area (Å²) in [4.78, 5) is 0. The zero-order valence-electron chi connectivity index (χ0n) is 23.5. The van der Waals surface area contributed by atoms with E-state index in [4.69, 9.17) is 4.42 Å². The van der Waals surface area contributed by atoms with Crippen molar-refractivity contribution in [1.29, 1.82) is 0 Å². The molecule has 0 saturated carbocycles. The molecule has 2 aliphatic rings. The highest BCUT2D eigenvalue weighted by atomic mass is 16.3. The SMILES string of the molecule is c1cc2c3c(c1)-n1c4ccc5c6ccccc6c6ccccc6c5c4c4cccc(c41)B3c1occ3c4ccccc4n-2c13. The number of furan rings is 1. The molecule has 0 unspecified atom stereocenters. The molecule has 0 radical (unpaired) electrons. The van der Waals surface area contributed by atoms with Gasteiger partial charge in [-0.05, 0) is 62.1 Å². The minimum absolute atomic E-state index is 0.0277. The van der Waals surface area contributed by atoms with Crippen LogP contribution in [0.2, 0.25) is 0 Å². The van der Waals surface area contributed by atoms with Gasteiger partial charge in [-0.15, -0.1) is 0 Å². The van der Waals surface area contributed by atoms with Crippen molar-refractivity contribution in [3.8, 4) is 11.4 Å². The lowest BCUT2D eigenvalue weighted by molar-refractivity contribution is 0.603. The molecular weight excluding hydrogens is 535 g/mol. The van der Waals surface area contributed by atoms with E-state index < -0.39 is 0 Å². The molecule has 0 bridgehead atoms. The Bertz CT molecular complexity index is 2920. The predicted octanol–water partition coefficient (Wildman–Crippen LogP) is 8.08. The van der Waals surface area contributed by atoms with Gasteiger partial charge in [-0.3, -0.25) is 0 Å². The maximum atomic E-state index is 6.56. The lowest BCUT2D eigenvalue weighted by Gasteiger charge is -2.31. The summed E-state index contributed by atoms with van der Waals surface area (Å²) in [5.41, 5.74) is 11.1. The standard InChI is InChI=1S/C40H21BN2O/c1-2-11-24-22(9-1)23-10-3-4-13-26(23)35-27(24)19-20-32-36(35)28-14-7-15-30-38(28)43(32)34-18-8-17-33-37(34)41(30)40-39-29(21-44-40)25-12-5-6-16-31(25)42(33)39/h1-21H. The molecule has 0 aliphatic carbocycles. The van der Waals surface area contributed by atoms with Gasteiger partial charge in [-0.25, -0.2) is 0 Å². The van der Waals surface area contributed by atoms with Gasteiger partial charge in [0, 0.05) is 43.8 Å². The second kappa shape index (κ2) is 7.24. The molecule has 3 nitrogen and oxygen atoms in total. The Balaban J connectivity index is 1.33. The van der Waals surface area contributed by atoms with Crippen molar-refractivity contribution in [2.24, 2.45) is 0 Å². The fourth-order valence-electron chi connectivity index (χ4n) is 8.97. The molecule has 7 aromatic carbocycles. The highest BCUT2D eigenvalue weighted by Crippen LogP contribution is 2.44. The van der Waals surface area contributed by atoms with Crippen LogP contribution in [0.4, 0.5) is 0 Å². The van der Waals surface area contributed by atoms with Gasteiger partial charge in [0.1, 0.15) is 0 Å². The molecule has 0 amide bonds. The van der Waals surface area contributed by atoms with E-state index in [-0.39, 0.29) is 6.71 Å². The monoisotopic (exact) mass is 556 g/mol. The lowest BCUT2D eigenvalue weighted by Crippen LogP contribution is -2.58. The molecule has 0 saturated heterocycles. The number of benzene rings is 7. The lowest BCUT2D eigenvalue weighted by atomic mass is 9.36. The summed E-state index contributed by atoms with van der Waals surface area (Å²) in [5, 5.41) is 12.9. The van der Waals surface area contributed by atoms with Crippen molar-refractivity contribution in [2.45, 2.75) is 0 Å². The van der Waals surface area contributed by atoms with E-state index in [1.54, 1.807) is 0 Å². The van der Waals surface area contributed by atoms with Crippen LogP contribution in [-0.2, 0) is 0 Å². The van der Waals surface area contributed by atoms with Crippen LogP contribution in [0, 0.1) is 0 Å². The molecule has 44 heavy (non-hydrogen) atoms. The summed E-state index contributed by atoms with van der Waals surface area (Å²) in [6.07, 6.45) is 1.98. The van der Waals surface area contributed by atoms with E-state index in [9.17, 15) is 0 Å². The number of rotatable bonds is 0. The fourth-order valence-corrected chi connectivity index (χ4v) is 8.97. The van der Waals surface area contributed by atoms with Crippen LogP contribution in [0.25, 0.3) is 87.3 Å². The maximum Gasteiger partial charge on any atom is 0.297 e. The summed E-state index contributed by atoms with van der Waals surface area (Å²) >= 11 is 0. The van der Waals surface area contributed by atoms with Gasteiger partial charge >= 0.3 is 0 Å². The smallest absolute Gasteiger partial charge is 0.297 e. The Morgan fingerprint density at radius 2 is 1.05 bits per heavy atom. The average Bonchev–Trinajstić information content (AvgIpc) is 3.77. The topological polar surface area (TPSA) is 23.0 Å². The molecule has 5 heterocycles. The molecular formula is C40H21BN2O. The van der Waals surface area contributed by atoms with Crippen LogP contribution in [0.5, 0.6) is 0 Å². The first-order valence-corrected chi connectivity index (χ1v) is 15.3. The average molecular weight is 556 g/mol. The van der Waals surface area contributed by atoms with Crippen LogP contribution < -0.4 is 16.6 Å². The van der Waals surface area contributed by atoms with Crippen molar-refractivity contribution < 1.29 is 4.42 Å². The van der Waals surface area contributed by atoms with E-state index in [0.29, 0.717) is 0 Å². The third-order valence-electron chi connectivity index (χ3n) is 10.5. The zero-order chi connectivity index (χ0) is 28.3. The van der Waals surface area contributed by atoms with Gasteiger partial charge in [0.05, 0.1) is 28.5 Å². The first-order chi connectivity index (χ1) is 21.9.